The Kier molecular flexibility index (Phi) is 3.57. The van der Waals surface area contributed by atoms with E-state index < -0.39 is 0 Å². The summed E-state index contributed by atoms with van der Waals surface area (Å²) in [5.74, 6) is 1.16. The maximum atomic E-state index is 9.95. The highest BCUT2D eigenvalue weighted by Crippen LogP contribution is 2.33. The zero-order valence-corrected chi connectivity index (χ0v) is 10.7. The van der Waals surface area contributed by atoms with Crippen LogP contribution < -0.4 is 10.6 Å². The fraction of sp³-hybridized carbons (Fsp3) is 0.571. The fourth-order valence-corrected chi connectivity index (χ4v) is 2.14. The number of aromatic hydroxyl groups is 1. The molecule has 0 aliphatic heterocycles. The van der Waals surface area contributed by atoms with E-state index >= 15 is 0 Å². The van der Waals surface area contributed by atoms with Crippen LogP contribution in [0.15, 0.2) is 18.2 Å². The minimum atomic E-state index is -0.123. The van der Waals surface area contributed by atoms with Crippen LogP contribution in [0.4, 0.5) is 5.69 Å². The predicted molar refractivity (Wildman–Crippen MR) is 71.3 cm³/mol. The van der Waals surface area contributed by atoms with Crippen molar-refractivity contribution in [1.82, 2.24) is 0 Å². The van der Waals surface area contributed by atoms with Crippen molar-refractivity contribution in [3.63, 3.8) is 0 Å². The molecule has 0 saturated heterocycles. The lowest BCUT2D eigenvalue weighted by atomic mass is 10.1. The molecule has 3 heteroatoms. The van der Waals surface area contributed by atoms with Crippen molar-refractivity contribution in [3.8, 4) is 5.75 Å². The van der Waals surface area contributed by atoms with Crippen molar-refractivity contribution >= 4 is 5.69 Å². The Morgan fingerprint density at radius 2 is 2.18 bits per heavy atom. The number of rotatable bonds is 5. The van der Waals surface area contributed by atoms with E-state index in [1.54, 1.807) is 0 Å². The van der Waals surface area contributed by atoms with E-state index in [4.69, 9.17) is 5.73 Å². The molecular formula is C14H22N2O. The van der Waals surface area contributed by atoms with Crippen LogP contribution in [0.2, 0.25) is 0 Å². The Bertz CT molecular complexity index is 386. The molecule has 0 spiro atoms. The molecule has 17 heavy (non-hydrogen) atoms. The molecule has 94 valence electrons. The number of nitrogens with zero attached hydrogens (tertiary/aromatic N) is 1. The molecule has 0 aromatic heterocycles. The summed E-state index contributed by atoms with van der Waals surface area (Å²) in [6.07, 6.45) is 2.70. The van der Waals surface area contributed by atoms with Crippen LogP contribution in [0.1, 0.15) is 38.3 Å². The van der Waals surface area contributed by atoms with Crippen LogP contribution in [0.25, 0.3) is 0 Å². The average Bonchev–Trinajstić information content (AvgIpc) is 3.09. The van der Waals surface area contributed by atoms with Gasteiger partial charge >= 0.3 is 0 Å². The summed E-state index contributed by atoms with van der Waals surface area (Å²) >= 11 is 0. The van der Waals surface area contributed by atoms with Crippen molar-refractivity contribution in [1.29, 1.82) is 0 Å². The second-order valence-corrected chi connectivity index (χ2v) is 5.01. The lowest BCUT2D eigenvalue weighted by molar-refractivity contribution is 0.463. The summed E-state index contributed by atoms with van der Waals surface area (Å²) in [5.41, 5.74) is 7.70. The molecule has 1 aromatic carbocycles. The highest BCUT2D eigenvalue weighted by Gasteiger charge is 2.24. The van der Waals surface area contributed by atoms with Gasteiger partial charge in [-0.05, 0) is 38.7 Å². The zero-order valence-electron chi connectivity index (χ0n) is 10.7. The van der Waals surface area contributed by atoms with Gasteiger partial charge in [0.15, 0.2) is 0 Å². The molecule has 3 nitrogen and oxygen atoms in total. The first kappa shape index (κ1) is 12.2. The monoisotopic (exact) mass is 234 g/mol. The lowest BCUT2D eigenvalue weighted by Gasteiger charge is -2.24. The Morgan fingerprint density at radius 3 is 2.65 bits per heavy atom. The van der Waals surface area contributed by atoms with E-state index in [1.165, 1.54) is 12.8 Å². The maximum Gasteiger partial charge on any atom is 0.122 e. The molecule has 1 aromatic rings. The molecule has 1 unspecified atom stereocenters. The van der Waals surface area contributed by atoms with Gasteiger partial charge in [-0.1, -0.05) is 6.07 Å². The molecule has 3 N–H and O–H groups in total. The van der Waals surface area contributed by atoms with Gasteiger partial charge in [0.2, 0.25) is 0 Å². The zero-order chi connectivity index (χ0) is 12.4. The van der Waals surface area contributed by atoms with Crippen LogP contribution in [0.3, 0.4) is 0 Å². The summed E-state index contributed by atoms with van der Waals surface area (Å²) in [6, 6.07) is 5.71. The summed E-state index contributed by atoms with van der Waals surface area (Å²) in [4.78, 5) is 2.32. The highest BCUT2D eigenvalue weighted by atomic mass is 16.3. The molecule has 1 saturated carbocycles. The van der Waals surface area contributed by atoms with Crippen LogP contribution >= 0.6 is 0 Å². The van der Waals surface area contributed by atoms with Crippen LogP contribution in [-0.4, -0.2) is 18.2 Å². The number of anilines is 1. The van der Waals surface area contributed by atoms with Crippen molar-refractivity contribution in [3.05, 3.63) is 23.8 Å². The third-order valence-corrected chi connectivity index (χ3v) is 3.43. The van der Waals surface area contributed by atoms with Crippen molar-refractivity contribution in [2.24, 2.45) is 11.7 Å². The van der Waals surface area contributed by atoms with Crippen molar-refractivity contribution < 1.29 is 5.11 Å². The van der Waals surface area contributed by atoms with Gasteiger partial charge in [0.1, 0.15) is 5.75 Å². The average molecular weight is 234 g/mol. The first-order valence-electron chi connectivity index (χ1n) is 6.45. The van der Waals surface area contributed by atoms with Gasteiger partial charge in [0.25, 0.3) is 0 Å². The lowest BCUT2D eigenvalue weighted by Crippen LogP contribution is -2.25. The van der Waals surface area contributed by atoms with Crippen LogP contribution in [0, 0.1) is 5.92 Å². The van der Waals surface area contributed by atoms with E-state index in [1.807, 2.05) is 19.1 Å². The van der Waals surface area contributed by atoms with Gasteiger partial charge in [-0.15, -0.1) is 0 Å². The molecule has 0 radical (unpaired) electrons. The van der Waals surface area contributed by atoms with E-state index in [2.05, 4.69) is 17.9 Å². The number of phenols is 1. The molecule has 0 heterocycles. The fourth-order valence-electron chi connectivity index (χ4n) is 2.14. The van der Waals surface area contributed by atoms with Gasteiger partial charge in [-0.2, -0.15) is 0 Å². The van der Waals surface area contributed by atoms with Gasteiger partial charge in [-0.25, -0.2) is 0 Å². The standard InChI is InChI=1S/C14H22N2O/c1-3-16(9-11-4-5-11)12-6-7-13(10(2)15)14(17)8-12/h6-8,10-11,17H,3-5,9,15H2,1-2H3. The first-order valence-corrected chi connectivity index (χ1v) is 6.45. The smallest absolute Gasteiger partial charge is 0.122 e. The second kappa shape index (κ2) is 4.96. The van der Waals surface area contributed by atoms with Gasteiger partial charge < -0.3 is 15.7 Å². The van der Waals surface area contributed by atoms with Gasteiger partial charge in [-0.3, -0.25) is 0 Å². The Balaban J connectivity index is 2.16. The minimum Gasteiger partial charge on any atom is -0.508 e. The molecule has 2 rings (SSSR count). The number of phenolic OH excluding ortho intramolecular Hbond substituents is 1. The molecule has 1 aliphatic carbocycles. The van der Waals surface area contributed by atoms with E-state index in [-0.39, 0.29) is 6.04 Å². The Morgan fingerprint density at radius 1 is 1.47 bits per heavy atom. The second-order valence-electron chi connectivity index (χ2n) is 5.01. The topological polar surface area (TPSA) is 49.5 Å². The first-order chi connectivity index (χ1) is 8.11. The van der Waals surface area contributed by atoms with E-state index in [0.29, 0.717) is 5.75 Å². The quantitative estimate of drug-likeness (QED) is 0.823. The summed E-state index contributed by atoms with van der Waals surface area (Å²) in [7, 11) is 0. The molecule has 1 fully saturated rings. The third kappa shape index (κ3) is 2.91. The summed E-state index contributed by atoms with van der Waals surface area (Å²) in [5, 5.41) is 9.95. The number of benzene rings is 1. The number of nitrogens with two attached hydrogens (primary N) is 1. The van der Waals surface area contributed by atoms with Crippen molar-refractivity contribution in [2.45, 2.75) is 32.7 Å². The van der Waals surface area contributed by atoms with E-state index in [9.17, 15) is 5.11 Å². The largest absolute Gasteiger partial charge is 0.508 e. The van der Waals surface area contributed by atoms with Crippen LogP contribution in [0.5, 0.6) is 5.75 Å². The minimum absolute atomic E-state index is 0.123. The number of hydrogen-bond acceptors (Lipinski definition) is 3. The van der Waals surface area contributed by atoms with E-state index in [0.717, 1.165) is 30.3 Å². The van der Waals surface area contributed by atoms with Crippen molar-refractivity contribution in [2.75, 3.05) is 18.0 Å². The normalized spacial score (nSPS) is 16.9. The molecular weight excluding hydrogens is 212 g/mol. The highest BCUT2D eigenvalue weighted by molar-refractivity contribution is 5.54. The third-order valence-electron chi connectivity index (χ3n) is 3.43. The molecule has 1 aliphatic rings. The van der Waals surface area contributed by atoms with Gasteiger partial charge in [0.05, 0.1) is 0 Å². The summed E-state index contributed by atoms with van der Waals surface area (Å²) in [6.45, 7) is 6.12. The SMILES string of the molecule is CCN(CC1CC1)c1ccc(C(C)N)c(O)c1. The Labute approximate surface area is 103 Å². The molecule has 1 atom stereocenters. The Hall–Kier alpha value is -1.22. The predicted octanol–water partition coefficient (Wildman–Crippen LogP) is 2.65. The number of hydrogen-bond donors (Lipinski definition) is 2. The molecule has 0 amide bonds. The molecule has 0 bridgehead atoms. The maximum absolute atomic E-state index is 9.95. The summed E-state index contributed by atoms with van der Waals surface area (Å²) < 4.78 is 0. The van der Waals surface area contributed by atoms with Gasteiger partial charge in [0, 0.05) is 36.4 Å². The van der Waals surface area contributed by atoms with Crippen LogP contribution in [-0.2, 0) is 0 Å².